The van der Waals surface area contributed by atoms with Crippen LogP contribution in [0.2, 0.25) is 0 Å². The molecule has 1 unspecified atom stereocenters. The van der Waals surface area contributed by atoms with Crippen molar-refractivity contribution in [1.82, 2.24) is 5.32 Å². The normalized spacial score (nSPS) is 18.2. The number of fused-ring (bicyclic) bond motifs is 1. The largest absolute Gasteiger partial charge is 0.379 e. The van der Waals surface area contributed by atoms with Crippen molar-refractivity contribution in [3.8, 4) is 0 Å². The summed E-state index contributed by atoms with van der Waals surface area (Å²) in [5.41, 5.74) is 3.14. The molecule has 2 heteroatoms. The second kappa shape index (κ2) is 8.43. The predicted octanol–water partition coefficient (Wildman–Crippen LogP) is 3.90. The van der Waals surface area contributed by atoms with Crippen molar-refractivity contribution >= 4 is 0 Å². The number of ether oxygens (including phenoxy) is 1. The number of rotatable bonds is 8. The van der Waals surface area contributed by atoms with E-state index in [-0.39, 0.29) is 0 Å². The van der Waals surface area contributed by atoms with Gasteiger partial charge < -0.3 is 10.1 Å². The highest BCUT2D eigenvalue weighted by Gasteiger charge is 2.18. The monoisotopic (exact) mass is 275 g/mol. The Morgan fingerprint density at radius 2 is 2.10 bits per heavy atom. The van der Waals surface area contributed by atoms with Gasteiger partial charge in [-0.05, 0) is 69.5 Å². The van der Waals surface area contributed by atoms with E-state index in [9.17, 15) is 0 Å². The molecule has 1 atom stereocenters. The Hall–Kier alpha value is -0.860. The predicted molar refractivity (Wildman–Crippen MR) is 85.3 cm³/mol. The van der Waals surface area contributed by atoms with Gasteiger partial charge in [-0.2, -0.15) is 0 Å². The number of unbranched alkanes of at least 4 members (excludes halogenated alkanes) is 1. The zero-order valence-corrected chi connectivity index (χ0v) is 13.0. The molecule has 0 fully saturated rings. The van der Waals surface area contributed by atoms with E-state index in [1.807, 2.05) is 0 Å². The molecule has 20 heavy (non-hydrogen) atoms. The van der Waals surface area contributed by atoms with Gasteiger partial charge in [0.2, 0.25) is 0 Å². The maximum Gasteiger partial charge on any atom is 0.0518 e. The zero-order valence-electron chi connectivity index (χ0n) is 13.0. The van der Waals surface area contributed by atoms with Crippen LogP contribution in [0.3, 0.4) is 0 Å². The van der Waals surface area contributed by atoms with Crippen LogP contribution < -0.4 is 5.32 Å². The first-order chi connectivity index (χ1) is 9.77. The Balaban J connectivity index is 1.63. The smallest absolute Gasteiger partial charge is 0.0518 e. The zero-order chi connectivity index (χ0) is 14.2. The van der Waals surface area contributed by atoms with Crippen molar-refractivity contribution in [2.75, 3.05) is 19.7 Å². The van der Waals surface area contributed by atoms with Gasteiger partial charge in [-0.15, -0.1) is 0 Å². The molecule has 0 aromatic heterocycles. The van der Waals surface area contributed by atoms with Crippen molar-refractivity contribution in [1.29, 1.82) is 0 Å². The molecule has 0 aliphatic heterocycles. The minimum atomic E-state index is 0.363. The molecule has 1 aromatic carbocycles. The molecule has 1 N–H and O–H groups in total. The van der Waals surface area contributed by atoms with Gasteiger partial charge >= 0.3 is 0 Å². The van der Waals surface area contributed by atoms with E-state index in [1.54, 1.807) is 11.1 Å². The lowest BCUT2D eigenvalue weighted by molar-refractivity contribution is 0.0760. The van der Waals surface area contributed by atoms with E-state index in [0.717, 1.165) is 26.1 Å². The van der Waals surface area contributed by atoms with Crippen LogP contribution in [-0.2, 0) is 11.2 Å². The van der Waals surface area contributed by atoms with Gasteiger partial charge in [0.05, 0.1) is 6.10 Å². The summed E-state index contributed by atoms with van der Waals surface area (Å²) in [6, 6.07) is 8.96. The Bertz CT molecular complexity index is 389. The van der Waals surface area contributed by atoms with Crippen LogP contribution in [0, 0.1) is 0 Å². The molecule has 1 aliphatic carbocycles. The highest BCUT2D eigenvalue weighted by atomic mass is 16.5. The van der Waals surface area contributed by atoms with Gasteiger partial charge in [-0.3, -0.25) is 0 Å². The SMILES string of the molecule is CC(C)OCCCCNCC1CCCc2ccccc21. The summed E-state index contributed by atoms with van der Waals surface area (Å²) in [5.74, 6) is 0.715. The first kappa shape index (κ1) is 15.5. The molecule has 0 amide bonds. The van der Waals surface area contributed by atoms with Gasteiger partial charge in [0.15, 0.2) is 0 Å². The van der Waals surface area contributed by atoms with Crippen molar-refractivity contribution in [3.05, 3.63) is 35.4 Å². The molecule has 0 saturated carbocycles. The summed E-state index contributed by atoms with van der Waals surface area (Å²) in [7, 11) is 0. The molecule has 0 radical (unpaired) electrons. The standard InChI is InChI=1S/C18H29NO/c1-15(2)20-13-6-5-12-19-14-17-10-7-9-16-8-3-4-11-18(16)17/h3-4,8,11,15,17,19H,5-7,9-10,12-14H2,1-2H3. The van der Waals surface area contributed by atoms with Gasteiger partial charge in [0, 0.05) is 13.2 Å². The summed E-state index contributed by atoms with van der Waals surface area (Å²) in [6.45, 7) is 7.32. The third-order valence-corrected chi connectivity index (χ3v) is 4.08. The maximum absolute atomic E-state index is 5.56. The molecular weight excluding hydrogens is 246 g/mol. The Morgan fingerprint density at radius 1 is 1.25 bits per heavy atom. The second-order valence-electron chi connectivity index (χ2n) is 6.12. The number of hydrogen-bond acceptors (Lipinski definition) is 2. The summed E-state index contributed by atoms with van der Waals surface area (Å²) in [4.78, 5) is 0. The molecule has 1 aliphatic rings. The lowest BCUT2D eigenvalue weighted by atomic mass is 9.83. The second-order valence-corrected chi connectivity index (χ2v) is 6.12. The van der Waals surface area contributed by atoms with Gasteiger partial charge in [-0.1, -0.05) is 24.3 Å². The molecule has 1 aromatic rings. The molecular formula is C18H29NO. The van der Waals surface area contributed by atoms with Crippen LogP contribution in [-0.4, -0.2) is 25.8 Å². The summed E-state index contributed by atoms with van der Waals surface area (Å²) >= 11 is 0. The minimum Gasteiger partial charge on any atom is -0.379 e. The van der Waals surface area contributed by atoms with Crippen LogP contribution in [0.4, 0.5) is 0 Å². The molecule has 112 valence electrons. The highest BCUT2D eigenvalue weighted by molar-refractivity contribution is 5.32. The lowest BCUT2D eigenvalue weighted by Gasteiger charge is -2.25. The number of aryl methyl sites for hydroxylation is 1. The van der Waals surface area contributed by atoms with Crippen LogP contribution in [0.5, 0.6) is 0 Å². The fourth-order valence-corrected chi connectivity index (χ4v) is 3.01. The Labute approximate surface area is 123 Å². The first-order valence-corrected chi connectivity index (χ1v) is 8.17. The maximum atomic E-state index is 5.56. The van der Waals surface area contributed by atoms with E-state index in [4.69, 9.17) is 4.74 Å². The van der Waals surface area contributed by atoms with Crippen molar-refractivity contribution < 1.29 is 4.74 Å². The van der Waals surface area contributed by atoms with Crippen LogP contribution in [0.15, 0.2) is 24.3 Å². The van der Waals surface area contributed by atoms with E-state index in [0.29, 0.717) is 12.0 Å². The molecule has 0 spiro atoms. The summed E-state index contributed by atoms with van der Waals surface area (Å²) in [6.07, 6.45) is 6.67. The van der Waals surface area contributed by atoms with Crippen molar-refractivity contribution in [2.24, 2.45) is 0 Å². The summed E-state index contributed by atoms with van der Waals surface area (Å²) < 4.78 is 5.56. The average Bonchev–Trinajstić information content (AvgIpc) is 2.46. The van der Waals surface area contributed by atoms with Crippen molar-refractivity contribution in [2.45, 2.75) is 58.0 Å². The molecule has 2 rings (SSSR count). The van der Waals surface area contributed by atoms with Crippen molar-refractivity contribution in [3.63, 3.8) is 0 Å². The number of benzene rings is 1. The lowest BCUT2D eigenvalue weighted by Crippen LogP contribution is -2.25. The molecule has 2 nitrogen and oxygen atoms in total. The quantitative estimate of drug-likeness (QED) is 0.727. The average molecular weight is 275 g/mol. The first-order valence-electron chi connectivity index (χ1n) is 8.17. The molecule has 0 heterocycles. The van der Waals surface area contributed by atoms with E-state index >= 15 is 0 Å². The minimum absolute atomic E-state index is 0.363. The topological polar surface area (TPSA) is 21.3 Å². The van der Waals surface area contributed by atoms with E-state index in [1.165, 1.54) is 25.7 Å². The van der Waals surface area contributed by atoms with Gasteiger partial charge in [-0.25, -0.2) is 0 Å². The molecule has 0 saturated heterocycles. The molecule has 0 bridgehead atoms. The number of hydrogen-bond donors (Lipinski definition) is 1. The van der Waals surface area contributed by atoms with Gasteiger partial charge in [0.25, 0.3) is 0 Å². The van der Waals surface area contributed by atoms with E-state index < -0.39 is 0 Å². The fraction of sp³-hybridized carbons (Fsp3) is 0.667. The third-order valence-electron chi connectivity index (χ3n) is 4.08. The Kier molecular flexibility index (Phi) is 6.55. The summed E-state index contributed by atoms with van der Waals surface area (Å²) in [5, 5.41) is 3.63. The third kappa shape index (κ3) is 4.92. The van der Waals surface area contributed by atoms with Crippen LogP contribution >= 0.6 is 0 Å². The van der Waals surface area contributed by atoms with Crippen LogP contribution in [0.1, 0.15) is 56.6 Å². The number of nitrogens with one attached hydrogen (secondary N) is 1. The van der Waals surface area contributed by atoms with Crippen LogP contribution in [0.25, 0.3) is 0 Å². The van der Waals surface area contributed by atoms with Gasteiger partial charge in [0.1, 0.15) is 0 Å². The highest BCUT2D eigenvalue weighted by Crippen LogP contribution is 2.30. The Morgan fingerprint density at radius 3 is 2.95 bits per heavy atom. The van der Waals surface area contributed by atoms with E-state index in [2.05, 4.69) is 43.4 Å². The fourth-order valence-electron chi connectivity index (χ4n) is 3.01.